The number of esters is 1. The van der Waals surface area contributed by atoms with Crippen LogP contribution >= 0.6 is 11.6 Å². The molecule has 2 aromatic carbocycles. The fourth-order valence-corrected chi connectivity index (χ4v) is 2.46. The molecule has 0 aromatic heterocycles. The van der Waals surface area contributed by atoms with Gasteiger partial charge in [-0.25, -0.2) is 4.79 Å². The summed E-state index contributed by atoms with van der Waals surface area (Å²) in [6.07, 6.45) is 0. The Morgan fingerprint density at radius 2 is 1.96 bits per heavy atom. The van der Waals surface area contributed by atoms with Gasteiger partial charge in [0.15, 0.2) is 0 Å². The number of benzene rings is 2. The summed E-state index contributed by atoms with van der Waals surface area (Å²) in [5.74, 6) is -0.254. The summed E-state index contributed by atoms with van der Waals surface area (Å²) in [6.45, 7) is 3.79. The van der Waals surface area contributed by atoms with Crippen LogP contribution in [-0.4, -0.2) is 25.6 Å². The van der Waals surface area contributed by atoms with Gasteiger partial charge in [0.2, 0.25) is 0 Å². The molecule has 24 heavy (non-hydrogen) atoms. The Kier molecular flexibility index (Phi) is 5.82. The summed E-state index contributed by atoms with van der Waals surface area (Å²) in [7, 11) is 1.51. The molecular weight excluding hydrogens is 330 g/mol. The van der Waals surface area contributed by atoms with Crippen molar-refractivity contribution in [2.24, 2.45) is 0 Å². The zero-order valence-electron chi connectivity index (χ0n) is 13.7. The summed E-state index contributed by atoms with van der Waals surface area (Å²) in [4.78, 5) is 24.3. The van der Waals surface area contributed by atoms with Gasteiger partial charge < -0.3 is 14.8 Å². The zero-order chi connectivity index (χ0) is 17.7. The maximum absolute atomic E-state index is 12.4. The predicted octanol–water partition coefficient (Wildman–Crippen LogP) is 4.09. The van der Waals surface area contributed by atoms with Gasteiger partial charge in [0.25, 0.3) is 5.91 Å². The summed E-state index contributed by atoms with van der Waals surface area (Å²) >= 11 is 6.04. The fourth-order valence-electron chi connectivity index (χ4n) is 2.20. The van der Waals surface area contributed by atoms with E-state index in [1.165, 1.54) is 13.2 Å². The summed E-state index contributed by atoms with van der Waals surface area (Å²) in [6, 6.07) is 9.84. The molecule has 0 heterocycles. The molecule has 0 unspecified atom stereocenters. The number of methoxy groups -OCH3 is 1. The molecule has 0 bridgehead atoms. The van der Waals surface area contributed by atoms with Gasteiger partial charge in [0.1, 0.15) is 5.75 Å². The third-order valence-corrected chi connectivity index (χ3v) is 3.79. The molecule has 0 saturated heterocycles. The lowest BCUT2D eigenvalue weighted by atomic mass is 10.1. The molecule has 2 aromatic rings. The summed E-state index contributed by atoms with van der Waals surface area (Å²) in [5.41, 5.74) is 1.99. The molecular formula is C18H18ClNO4. The van der Waals surface area contributed by atoms with E-state index in [9.17, 15) is 9.59 Å². The van der Waals surface area contributed by atoms with Crippen LogP contribution in [0.1, 0.15) is 33.2 Å². The fraction of sp³-hybridized carbons (Fsp3) is 0.222. The highest BCUT2D eigenvalue weighted by molar-refractivity contribution is 6.32. The number of hydrogen-bond acceptors (Lipinski definition) is 4. The number of hydrogen-bond donors (Lipinski definition) is 1. The van der Waals surface area contributed by atoms with Gasteiger partial charge in [-0.1, -0.05) is 17.7 Å². The van der Waals surface area contributed by atoms with Crippen molar-refractivity contribution in [3.05, 3.63) is 58.1 Å². The van der Waals surface area contributed by atoms with Crippen LogP contribution < -0.4 is 10.1 Å². The van der Waals surface area contributed by atoms with Gasteiger partial charge in [-0.2, -0.15) is 0 Å². The van der Waals surface area contributed by atoms with Crippen molar-refractivity contribution in [3.8, 4) is 5.75 Å². The maximum atomic E-state index is 12.4. The first-order valence-corrected chi connectivity index (χ1v) is 7.77. The normalized spacial score (nSPS) is 10.2. The third-order valence-electron chi connectivity index (χ3n) is 3.49. The van der Waals surface area contributed by atoms with Gasteiger partial charge >= 0.3 is 5.97 Å². The number of carbonyl (C=O) groups is 2. The Balaban J connectivity index is 2.24. The van der Waals surface area contributed by atoms with E-state index in [1.807, 2.05) is 0 Å². The SMILES string of the molecule is CCOC(=O)c1cccc(NC(=O)c2ccc(OC)c(Cl)c2)c1C. The number of rotatable bonds is 5. The topological polar surface area (TPSA) is 64.6 Å². The average Bonchev–Trinajstić information content (AvgIpc) is 2.56. The molecule has 0 aliphatic heterocycles. The highest BCUT2D eigenvalue weighted by Crippen LogP contribution is 2.26. The van der Waals surface area contributed by atoms with Crippen molar-refractivity contribution in [1.29, 1.82) is 0 Å². The quantitative estimate of drug-likeness (QED) is 0.827. The van der Waals surface area contributed by atoms with Gasteiger partial charge in [0, 0.05) is 11.3 Å². The minimum absolute atomic E-state index is 0.291. The lowest BCUT2D eigenvalue weighted by molar-refractivity contribution is 0.0525. The molecule has 0 atom stereocenters. The van der Waals surface area contributed by atoms with Crippen molar-refractivity contribution in [2.75, 3.05) is 19.0 Å². The number of nitrogens with one attached hydrogen (secondary N) is 1. The minimum Gasteiger partial charge on any atom is -0.495 e. The van der Waals surface area contributed by atoms with Crippen LogP contribution in [0, 0.1) is 6.92 Å². The van der Waals surface area contributed by atoms with E-state index in [2.05, 4.69) is 5.32 Å². The molecule has 0 radical (unpaired) electrons. The molecule has 2 rings (SSSR count). The van der Waals surface area contributed by atoms with E-state index < -0.39 is 5.97 Å². The van der Waals surface area contributed by atoms with Gasteiger partial charge in [-0.05, 0) is 49.7 Å². The molecule has 6 heteroatoms. The number of anilines is 1. The highest BCUT2D eigenvalue weighted by atomic mass is 35.5. The van der Waals surface area contributed by atoms with E-state index in [0.717, 1.165) is 0 Å². The van der Waals surface area contributed by atoms with Crippen molar-refractivity contribution >= 4 is 29.2 Å². The lowest BCUT2D eigenvalue weighted by Gasteiger charge is -2.12. The van der Waals surface area contributed by atoms with Gasteiger partial charge in [0.05, 0.1) is 24.3 Å². The Labute approximate surface area is 145 Å². The van der Waals surface area contributed by atoms with Crippen molar-refractivity contribution in [1.82, 2.24) is 0 Å². The van der Waals surface area contributed by atoms with E-state index in [-0.39, 0.29) is 5.91 Å². The zero-order valence-corrected chi connectivity index (χ0v) is 14.4. The Morgan fingerprint density at radius 1 is 1.21 bits per heavy atom. The van der Waals surface area contributed by atoms with Crippen LogP contribution in [0.4, 0.5) is 5.69 Å². The molecule has 0 aliphatic rings. The van der Waals surface area contributed by atoms with Crippen LogP contribution in [0.15, 0.2) is 36.4 Å². The second-order valence-electron chi connectivity index (χ2n) is 5.00. The molecule has 0 spiro atoms. The van der Waals surface area contributed by atoms with Gasteiger partial charge in [-0.3, -0.25) is 4.79 Å². The van der Waals surface area contributed by atoms with Gasteiger partial charge in [-0.15, -0.1) is 0 Å². The molecule has 0 saturated carbocycles. The van der Waals surface area contributed by atoms with Crippen LogP contribution in [0.5, 0.6) is 5.75 Å². The van der Waals surface area contributed by atoms with E-state index >= 15 is 0 Å². The molecule has 0 aliphatic carbocycles. The summed E-state index contributed by atoms with van der Waals surface area (Å²) < 4.78 is 10.1. The number of ether oxygens (including phenoxy) is 2. The number of halogens is 1. The molecule has 126 valence electrons. The first-order chi connectivity index (χ1) is 11.5. The van der Waals surface area contributed by atoms with E-state index in [0.29, 0.717) is 39.8 Å². The van der Waals surface area contributed by atoms with E-state index in [4.69, 9.17) is 21.1 Å². The average molecular weight is 348 g/mol. The maximum Gasteiger partial charge on any atom is 0.338 e. The Hall–Kier alpha value is -2.53. The first-order valence-electron chi connectivity index (χ1n) is 7.39. The van der Waals surface area contributed by atoms with Crippen LogP contribution in [-0.2, 0) is 4.74 Å². The molecule has 0 fully saturated rings. The number of carbonyl (C=O) groups excluding carboxylic acids is 2. The molecule has 1 N–H and O–H groups in total. The second kappa shape index (κ2) is 7.84. The monoisotopic (exact) mass is 347 g/mol. The van der Waals surface area contributed by atoms with Crippen LogP contribution in [0.2, 0.25) is 5.02 Å². The Morgan fingerprint density at radius 3 is 2.58 bits per heavy atom. The standard InChI is InChI=1S/C18H18ClNO4/c1-4-24-18(22)13-6-5-7-15(11(13)2)20-17(21)12-8-9-16(23-3)14(19)10-12/h5-10H,4H2,1-3H3,(H,20,21). The first kappa shape index (κ1) is 17.8. The van der Waals surface area contributed by atoms with Crippen molar-refractivity contribution < 1.29 is 19.1 Å². The van der Waals surface area contributed by atoms with Crippen molar-refractivity contribution in [3.63, 3.8) is 0 Å². The van der Waals surface area contributed by atoms with E-state index in [1.54, 1.807) is 44.2 Å². The largest absolute Gasteiger partial charge is 0.495 e. The summed E-state index contributed by atoms with van der Waals surface area (Å²) in [5, 5.41) is 3.13. The smallest absolute Gasteiger partial charge is 0.338 e. The van der Waals surface area contributed by atoms with Crippen LogP contribution in [0.3, 0.4) is 0 Å². The molecule has 5 nitrogen and oxygen atoms in total. The predicted molar refractivity (Wildman–Crippen MR) is 93.1 cm³/mol. The highest BCUT2D eigenvalue weighted by Gasteiger charge is 2.15. The third kappa shape index (κ3) is 3.86. The second-order valence-corrected chi connectivity index (χ2v) is 5.41. The minimum atomic E-state index is -0.418. The number of amides is 1. The van der Waals surface area contributed by atoms with Crippen molar-refractivity contribution in [2.45, 2.75) is 13.8 Å². The lowest BCUT2D eigenvalue weighted by Crippen LogP contribution is -2.15. The molecule has 1 amide bonds. The Bertz CT molecular complexity index is 774. The van der Waals surface area contributed by atoms with Crippen LogP contribution in [0.25, 0.3) is 0 Å².